The zero-order valence-electron chi connectivity index (χ0n) is 11.2. The molecule has 0 heterocycles. The Morgan fingerprint density at radius 1 is 1.10 bits per heavy atom. The molecule has 0 aliphatic rings. The third-order valence-electron chi connectivity index (χ3n) is 2.72. The van der Waals surface area contributed by atoms with E-state index >= 15 is 0 Å². The molecular weight excluding hydrogens is 250 g/mol. The maximum absolute atomic E-state index is 11.7. The number of nitrogen functional groups attached to an aromatic ring is 1. The summed E-state index contributed by atoms with van der Waals surface area (Å²) in [7, 11) is 0. The molecule has 0 atom stereocenters. The molecular formula is C17H15NO2. The number of ether oxygens (including phenoxy) is 1. The minimum atomic E-state index is -0.423. The second kappa shape index (κ2) is 6.44. The summed E-state index contributed by atoms with van der Waals surface area (Å²) in [5, 5.41) is 0. The SMILES string of the molecule is CCOC(=O)c1cccc(C#Cc2ccccc2)c1N. The number of esters is 1. The Morgan fingerprint density at radius 2 is 1.85 bits per heavy atom. The summed E-state index contributed by atoms with van der Waals surface area (Å²) in [6.45, 7) is 2.07. The van der Waals surface area contributed by atoms with Gasteiger partial charge in [0.1, 0.15) is 0 Å². The summed E-state index contributed by atoms with van der Waals surface area (Å²) in [5.41, 5.74) is 8.21. The molecule has 0 fully saturated rings. The fourth-order valence-electron chi connectivity index (χ4n) is 1.72. The predicted octanol–water partition coefficient (Wildman–Crippen LogP) is 2.85. The molecule has 0 unspecified atom stereocenters. The zero-order valence-corrected chi connectivity index (χ0v) is 11.2. The molecule has 2 rings (SSSR count). The van der Waals surface area contributed by atoms with Crippen LogP contribution in [0.15, 0.2) is 48.5 Å². The van der Waals surface area contributed by atoms with Gasteiger partial charge in [-0.2, -0.15) is 0 Å². The summed E-state index contributed by atoms with van der Waals surface area (Å²) >= 11 is 0. The van der Waals surface area contributed by atoms with Crippen LogP contribution < -0.4 is 5.73 Å². The number of hydrogen-bond donors (Lipinski definition) is 1. The van der Waals surface area contributed by atoms with Crippen LogP contribution in [0.3, 0.4) is 0 Å². The Hall–Kier alpha value is -2.73. The van der Waals surface area contributed by atoms with Gasteiger partial charge in [0.2, 0.25) is 0 Å². The van der Waals surface area contributed by atoms with Crippen molar-refractivity contribution in [3.63, 3.8) is 0 Å². The molecule has 3 nitrogen and oxygen atoms in total. The van der Waals surface area contributed by atoms with E-state index in [0.29, 0.717) is 23.4 Å². The molecule has 2 aromatic rings. The van der Waals surface area contributed by atoms with Crippen LogP contribution in [-0.2, 0) is 4.74 Å². The number of carbonyl (C=O) groups excluding carboxylic acids is 1. The number of carbonyl (C=O) groups is 1. The third kappa shape index (κ3) is 3.18. The van der Waals surface area contributed by atoms with Crippen LogP contribution in [0.25, 0.3) is 0 Å². The van der Waals surface area contributed by atoms with Crippen LogP contribution in [0, 0.1) is 11.8 Å². The van der Waals surface area contributed by atoms with Gasteiger partial charge in [0.25, 0.3) is 0 Å². The van der Waals surface area contributed by atoms with E-state index in [1.807, 2.05) is 30.3 Å². The van der Waals surface area contributed by atoms with Crippen molar-refractivity contribution in [2.45, 2.75) is 6.92 Å². The number of hydrogen-bond acceptors (Lipinski definition) is 3. The van der Waals surface area contributed by atoms with E-state index in [9.17, 15) is 4.79 Å². The lowest BCUT2D eigenvalue weighted by Crippen LogP contribution is -2.08. The molecule has 0 saturated carbocycles. The smallest absolute Gasteiger partial charge is 0.340 e. The van der Waals surface area contributed by atoms with E-state index in [0.717, 1.165) is 5.56 Å². The van der Waals surface area contributed by atoms with Gasteiger partial charge < -0.3 is 10.5 Å². The van der Waals surface area contributed by atoms with Gasteiger partial charge in [0.15, 0.2) is 0 Å². The van der Waals surface area contributed by atoms with Crippen molar-refractivity contribution < 1.29 is 9.53 Å². The highest BCUT2D eigenvalue weighted by Crippen LogP contribution is 2.17. The lowest BCUT2D eigenvalue weighted by molar-refractivity contribution is 0.0527. The highest BCUT2D eigenvalue weighted by atomic mass is 16.5. The number of rotatable bonds is 2. The van der Waals surface area contributed by atoms with Crippen molar-refractivity contribution >= 4 is 11.7 Å². The van der Waals surface area contributed by atoms with E-state index in [-0.39, 0.29) is 0 Å². The second-order valence-electron chi connectivity index (χ2n) is 4.10. The first-order valence-corrected chi connectivity index (χ1v) is 6.35. The number of anilines is 1. The van der Waals surface area contributed by atoms with Crippen molar-refractivity contribution in [2.24, 2.45) is 0 Å². The van der Waals surface area contributed by atoms with E-state index < -0.39 is 5.97 Å². The van der Waals surface area contributed by atoms with Gasteiger partial charge in [-0.05, 0) is 31.2 Å². The first kappa shape index (κ1) is 13.7. The maximum atomic E-state index is 11.7. The van der Waals surface area contributed by atoms with Crippen LogP contribution >= 0.6 is 0 Å². The molecule has 0 radical (unpaired) electrons. The molecule has 0 bridgehead atoms. The van der Waals surface area contributed by atoms with Gasteiger partial charge >= 0.3 is 5.97 Å². The summed E-state index contributed by atoms with van der Waals surface area (Å²) in [4.78, 5) is 11.7. The summed E-state index contributed by atoms with van der Waals surface area (Å²) in [6, 6.07) is 14.8. The highest BCUT2D eigenvalue weighted by Gasteiger charge is 2.12. The average molecular weight is 265 g/mol. The quantitative estimate of drug-likeness (QED) is 0.516. The fourth-order valence-corrected chi connectivity index (χ4v) is 1.72. The Labute approximate surface area is 118 Å². The minimum Gasteiger partial charge on any atom is -0.462 e. The average Bonchev–Trinajstić information content (AvgIpc) is 2.47. The standard InChI is InChI=1S/C17H15NO2/c1-2-20-17(19)15-10-6-9-14(16(15)18)12-11-13-7-4-3-5-8-13/h3-10H,2,18H2,1H3. The summed E-state index contributed by atoms with van der Waals surface area (Å²) < 4.78 is 4.96. The molecule has 0 saturated heterocycles. The highest BCUT2D eigenvalue weighted by molar-refractivity contribution is 5.96. The lowest BCUT2D eigenvalue weighted by Gasteiger charge is -2.06. The van der Waals surface area contributed by atoms with E-state index in [2.05, 4.69) is 11.8 Å². The Balaban J connectivity index is 2.33. The van der Waals surface area contributed by atoms with Crippen LogP contribution in [0.5, 0.6) is 0 Å². The molecule has 0 aromatic heterocycles. The normalized spacial score (nSPS) is 9.45. The summed E-state index contributed by atoms with van der Waals surface area (Å²) in [6.07, 6.45) is 0. The molecule has 3 heteroatoms. The maximum Gasteiger partial charge on any atom is 0.340 e. The van der Waals surface area contributed by atoms with Crippen molar-refractivity contribution in [3.05, 3.63) is 65.2 Å². The molecule has 20 heavy (non-hydrogen) atoms. The van der Waals surface area contributed by atoms with Gasteiger partial charge in [-0.15, -0.1) is 0 Å². The van der Waals surface area contributed by atoms with Crippen molar-refractivity contribution in [1.29, 1.82) is 0 Å². The van der Waals surface area contributed by atoms with Gasteiger partial charge in [-0.1, -0.05) is 36.1 Å². The van der Waals surface area contributed by atoms with Gasteiger partial charge in [0.05, 0.1) is 17.9 Å². The first-order valence-electron chi connectivity index (χ1n) is 6.35. The Bertz CT molecular complexity index is 666. The monoisotopic (exact) mass is 265 g/mol. The number of nitrogens with two attached hydrogens (primary N) is 1. The van der Waals surface area contributed by atoms with Crippen LogP contribution in [0.4, 0.5) is 5.69 Å². The van der Waals surface area contributed by atoms with Crippen LogP contribution in [0.1, 0.15) is 28.4 Å². The second-order valence-corrected chi connectivity index (χ2v) is 4.10. The van der Waals surface area contributed by atoms with Crippen molar-refractivity contribution in [3.8, 4) is 11.8 Å². The van der Waals surface area contributed by atoms with Gasteiger partial charge in [-0.25, -0.2) is 4.79 Å². The topological polar surface area (TPSA) is 52.3 Å². The first-order chi connectivity index (χ1) is 9.72. The predicted molar refractivity (Wildman–Crippen MR) is 79.2 cm³/mol. The van der Waals surface area contributed by atoms with E-state index in [4.69, 9.17) is 10.5 Å². The van der Waals surface area contributed by atoms with E-state index in [1.54, 1.807) is 25.1 Å². The molecule has 2 aromatic carbocycles. The Kier molecular flexibility index (Phi) is 4.41. The molecule has 0 aliphatic heterocycles. The van der Waals surface area contributed by atoms with Gasteiger partial charge in [0, 0.05) is 11.1 Å². The summed E-state index contributed by atoms with van der Waals surface area (Å²) in [5.74, 6) is 5.58. The molecule has 0 aliphatic carbocycles. The van der Waals surface area contributed by atoms with Crippen LogP contribution in [-0.4, -0.2) is 12.6 Å². The number of benzene rings is 2. The lowest BCUT2D eigenvalue weighted by atomic mass is 10.1. The molecule has 0 amide bonds. The van der Waals surface area contributed by atoms with Gasteiger partial charge in [-0.3, -0.25) is 0 Å². The zero-order chi connectivity index (χ0) is 14.4. The molecule has 2 N–H and O–H groups in total. The van der Waals surface area contributed by atoms with E-state index in [1.165, 1.54) is 0 Å². The third-order valence-corrected chi connectivity index (χ3v) is 2.72. The minimum absolute atomic E-state index is 0.318. The Morgan fingerprint density at radius 3 is 2.55 bits per heavy atom. The fraction of sp³-hybridized carbons (Fsp3) is 0.118. The largest absolute Gasteiger partial charge is 0.462 e. The molecule has 100 valence electrons. The van der Waals surface area contributed by atoms with Crippen LogP contribution in [0.2, 0.25) is 0 Å². The van der Waals surface area contributed by atoms with Crippen molar-refractivity contribution in [1.82, 2.24) is 0 Å². The molecule has 0 spiro atoms. The van der Waals surface area contributed by atoms with Crippen molar-refractivity contribution in [2.75, 3.05) is 12.3 Å². The number of para-hydroxylation sites is 1.